The zero-order valence-corrected chi connectivity index (χ0v) is 21.0. The Morgan fingerprint density at radius 3 is 2.25 bits per heavy atom. The van der Waals surface area contributed by atoms with Crippen molar-refractivity contribution in [2.75, 3.05) is 6.66 Å². The summed E-state index contributed by atoms with van der Waals surface area (Å²) in [4.78, 5) is 0. The van der Waals surface area contributed by atoms with Gasteiger partial charge in [-0.25, -0.2) is 0 Å². The molecule has 0 spiro atoms. The van der Waals surface area contributed by atoms with Gasteiger partial charge in [0.2, 0.25) is 0 Å². The van der Waals surface area contributed by atoms with Gasteiger partial charge in [0.25, 0.3) is 0 Å². The number of aromatic hydroxyl groups is 1. The summed E-state index contributed by atoms with van der Waals surface area (Å²) in [6.07, 6.45) is 3.34. The van der Waals surface area contributed by atoms with E-state index in [-0.39, 0.29) is 10.6 Å². The molecule has 0 radical (unpaired) electrons. The molecule has 0 bridgehead atoms. The van der Waals surface area contributed by atoms with E-state index < -0.39 is 0 Å². The first-order chi connectivity index (χ1) is 13.0. The molecule has 0 saturated carbocycles. The first kappa shape index (κ1) is 23.4. The van der Waals surface area contributed by atoms with Crippen molar-refractivity contribution in [3.05, 3.63) is 58.1 Å². The normalized spacial score (nSPS) is 15.0. The Morgan fingerprint density at radius 2 is 1.68 bits per heavy atom. The predicted molar refractivity (Wildman–Crippen MR) is 131 cm³/mol. The number of phenolic OH excluding ortho intramolecular Hbond substituents is 1. The standard InChI is InChI=1S/C25H38OP2/c1-9-13-25(7,28-23-17(2)11-10-12-19(23)16-27-8)21-15-20(24(4,5)6)14-18(3)22(21)26/h10-12,14-15,26-28H,9,13,16H2,1-8H3. The monoisotopic (exact) mass is 416 g/mol. The highest BCUT2D eigenvalue weighted by atomic mass is 31.1. The number of hydrogen-bond acceptors (Lipinski definition) is 1. The van der Waals surface area contributed by atoms with Crippen molar-refractivity contribution < 1.29 is 5.11 Å². The summed E-state index contributed by atoms with van der Waals surface area (Å²) >= 11 is 0. The predicted octanol–water partition coefficient (Wildman–Crippen LogP) is 7.13. The lowest BCUT2D eigenvalue weighted by Crippen LogP contribution is -2.23. The van der Waals surface area contributed by atoms with Gasteiger partial charge in [-0.2, -0.15) is 0 Å². The van der Waals surface area contributed by atoms with E-state index in [4.69, 9.17) is 0 Å². The summed E-state index contributed by atoms with van der Waals surface area (Å²) in [5, 5.41) is 12.5. The third-order valence-corrected chi connectivity index (χ3v) is 8.41. The second kappa shape index (κ2) is 9.28. The maximum atomic E-state index is 11.1. The van der Waals surface area contributed by atoms with Crippen LogP contribution < -0.4 is 5.30 Å². The Kier molecular flexibility index (Phi) is 7.75. The van der Waals surface area contributed by atoms with Crippen LogP contribution in [-0.2, 0) is 16.7 Å². The largest absolute Gasteiger partial charge is 0.507 e. The molecule has 0 saturated heterocycles. The summed E-state index contributed by atoms with van der Waals surface area (Å²) in [6, 6.07) is 11.2. The van der Waals surface area contributed by atoms with Crippen molar-refractivity contribution in [2.45, 2.75) is 78.0 Å². The van der Waals surface area contributed by atoms with Gasteiger partial charge >= 0.3 is 0 Å². The average molecular weight is 417 g/mol. The zero-order valence-electron chi connectivity index (χ0n) is 19.0. The highest BCUT2D eigenvalue weighted by Gasteiger charge is 2.32. The van der Waals surface area contributed by atoms with Crippen molar-refractivity contribution in [2.24, 2.45) is 0 Å². The third-order valence-electron chi connectivity index (χ3n) is 5.64. The van der Waals surface area contributed by atoms with Crippen molar-refractivity contribution in [1.82, 2.24) is 0 Å². The third kappa shape index (κ3) is 5.17. The van der Waals surface area contributed by atoms with Gasteiger partial charge in [0.15, 0.2) is 0 Å². The van der Waals surface area contributed by atoms with Crippen LogP contribution in [0.3, 0.4) is 0 Å². The Balaban J connectivity index is 2.64. The van der Waals surface area contributed by atoms with Gasteiger partial charge in [-0.3, -0.25) is 0 Å². The van der Waals surface area contributed by atoms with Crippen LogP contribution in [0.15, 0.2) is 30.3 Å². The molecule has 0 aliphatic carbocycles. The number of aryl methyl sites for hydroxylation is 2. The Labute approximate surface area is 176 Å². The van der Waals surface area contributed by atoms with E-state index in [9.17, 15) is 5.11 Å². The lowest BCUT2D eigenvalue weighted by molar-refractivity contribution is 0.447. The minimum Gasteiger partial charge on any atom is -0.507 e. The van der Waals surface area contributed by atoms with E-state index in [0.29, 0.717) is 14.3 Å². The molecule has 2 aromatic carbocycles. The molecule has 2 aromatic rings. The maximum absolute atomic E-state index is 11.1. The van der Waals surface area contributed by atoms with Crippen LogP contribution in [0.2, 0.25) is 0 Å². The average Bonchev–Trinajstić information content (AvgIpc) is 2.59. The van der Waals surface area contributed by atoms with Crippen LogP contribution in [0.5, 0.6) is 5.75 Å². The molecule has 1 nitrogen and oxygen atoms in total. The Bertz CT molecular complexity index is 820. The van der Waals surface area contributed by atoms with Crippen LogP contribution >= 0.6 is 17.2 Å². The lowest BCUT2D eigenvalue weighted by atomic mass is 9.82. The molecule has 0 fully saturated rings. The molecule has 3 atom stereocenters. The zero-order chi connectivity index (χ0) is 21.1. The molecule has 0 aromatic heterocycles. The highest BCUT2D eigenvalue weighted by molar-refractivity contribution is 7.49. The Hall–Kier alpha value is -0.900. The molecule has 154 valence electrons. The molecule has 3 unspecified atom stereocenters. The van der Waals surface area contributed by atoms with Crippen LogP contribution in [0.4, 0.5) is 0 Å². The van der Waals surface area contributed by atoms with Gasteiger partial charge in [0.05, 0.1) is 0 Å². The molecule has 3 heteroatoms. The molecule has 0 heterocycles. The van der Waals surface area contributed by atoms with Gasteiger partial charge < -0.3 is 5.11 Å². The summed E-state index contributed by atoms with van der Waals surface area (Å²) in [5.74, 6) is 0.490. The fourth-order valence-electron chi connectivity index (χ4n) is 3.92. The highest BCUT2D eigenvalue weighted by Crippen LogP contribution is 2.50. The van der Waals surface area contributed by atoms with E-state index in [1.54, 1.807) is 0 Å². The van der Waals surface area contributed by atoms with Crippen molar-refractivity contribution in [3.63, 3.8) is 0 Å². The molecule has 2 rings (SSSR count). The van der Waals surface area contributed by atoms with Crippen LogP contribution in [0.1, 0.15) is 75.3 Å². The minimum absolute atomic E-state index is 0.0530. The van der Waals surface area contributed by atoms with E-state index in [0.717, 1.165) is 38.7 Å². The van der Waals surface area contributed by atoms with Gasteiger partial charge in [0.1, 0.15) is 5.75 Å². The first-order valence-corrected chi connectivity index (χ1v) is 13.1. The fraction of sp³-hybridized carbons (Fsp3) is 0.520. The first-order valence-electron chi connectivity index (χ1n) is 10.4. The number of phenols is 1. The quantitative estimate of drug-likeness (QED) is 0.476. The summed E-state index contributed by atoms with van der Waals surface area (Å²) in [7, 11) is 1.58. The van der Waals surface area contributed by atoms with Crippen molar-refractivity contribution >= 4 is 22.5 Å². The number of benzene rings is 2. The van der Waals surface area contributed by atoms with E-state index in [2.05, 4.69) is 78.5 Å². The molecule has 1 N–H and O–H groups in total. The van der Waals surface area contributed by atoms with Crippen LogP contribution in [-0.4, -0.2) is 11.8 Å². The molecule has 0 aliphatic heterocycles. The second-order valence-corrected chi connectivity index (χ2v) is 12.2. The molecular formula is C25H38OP2. The second-order valence-electron chi connectivity index (χ2n) is 9.29. The molecule has 0 amide bonds. The maximum Gasteiger partial charge on any atom is 0.122 e. The van der Waals surface area contributed by atoms with Gasteiger partial charge in [-0.1, -0.05) is 80.0 Å². The van der Waals surface area contributed by atoms with Crippen LogP contribution in [0.25, 0.3) is 0 Å². The molecule has 28 heavy (non-hydrogen) atoms. The topological polar surface area (TPSA) is 20.2 Å². The van der Waals surface area contributed by atoms with Gasteiger partial charge in [-0.05, 0) is 66.1 Å². The number of rotatable bonds is 7. The fourth-order valence-corrected chi connectivity index (χ4v) is 6.64. The summed E-state index contributed by atoms with van der Waals surface area (Å²) in [6.45, 7) is 17.9. The SMILES string of the molecule is CCCC(C)(Pc1c(C)cccc1CPC)c1cc(C(C)(C)C)cc(C)c1O. The van der Waals surface area contributed by atoms with Gasteiger partial charge in [0, 0.05) is 10.7 Å². The van der Waals surface area contributed by atoms with Gasteiger partial charge in [-0.15, -0.1) is 8.58 Å². The van der Waals surface area contributed by atoms with E-state index in [1.165, 1.54) is 22.0 Å². The summed E-state index contributed by atoms with van der Waals surface area (Å²) in [5.41, 5.74) is 6.38. The lowest BCUT2D eigenvalue weighted by Gasteiger charge is -2.34. The minimum atomic E-state index is -0.0530. The van der Waals surface area contributed by atoms with E-state index in [1.807, 2.05) is 6.92 Å². The van der Waals surface area contributed by atoms with Crippen molar-refractivity contribution in [1.29, 1.82) is 0 Å². The molecule has 0 aliphatic rings. The summed E-state index contributed by atoms with van der Waals surface area (Å²) < 4.78 is 0. The van der Waals surface area contributed by atoms with Crippen molar-refractivity contribution in [3.8, 4) is 5.75 Å². The van der Waals surface area contributed by atoms with E-state index >= 15 is 0 Å². The number of hydrogen-bond donors (Lipinski definition) is 1. The smallest absolute Gasteiger partial charge is 0.122 e. The van der Waals surface area contributed by atoms with Crippen LogP contribution in [0, 0.1) is 13.8 Å². The Morgan fingerprint density at radius 1 is 1.00 bits per heavy atom. The molecular weight excluding hydrogens is 378 g/mol.